The monoisotopic (exact) mass is 519 g/mol. The van der Waals surface area contributed by atoms with Crippen LogP contribution < -0.4 is 15.0 Å². The summed E-state index contributed by atoms with van der Waals surface area (Å²) >= 11 is 12.1. The van der Waals surface area contributed by atoms with Crippen LogP contribution in [0.15, 0.2) is 84.6 Å². The average molecular weight is 520 g/mol. The molecule has 0 radical (unpaired) electrons. The van der Waals surface area contributed by atoms with E-state index in [4.69, 9.17) is 27.9 Å². The molecule has 36 heavy (non-hydrogen) atoms. The zero-order chi connectivity index (χ0) is 25.2. The zero-order valence-electron chi connectivity index (χ0n) is 18.8. The van der Waals surface area contributed by atoms with Crippen molar-refractivity contribution in [2.45, 2.75) is 6.54 Å². The summed E-state index contributed by atoms with van der Waals surface area (Å²) in [7, 11) is 0. The van der Waals surface area contributed by atoms with Crippen molar-refractivity contribution in [1.82, 2.24) is 9.88 Å². The van der Waals surface area contributed by atoms with Gasteiger partial charge in [0, 0.05) is 27.7 Å². The number of carbonyl (C=O) groups is 3. The molecule has 3 aromatic carbocycles. The molecule has 1 saturated heterocycles. The molecule has 5 rings (SSSR count). The Balaban J connectivity index is 1.45. The number of carbonyl (C=O) groups excluding carboxylic acids is 3. The Morgan fingerprint density at radius 1 is 0.889 bits per heavy atom. The van der Waals surface area contributed by atoms with E-state index in [-0.39, 0.29) is 5.57 Å². The molecule has 9 heteroatoms. The van der Waals surface area contributed by atoms with E-state index < -0.39 is 17.8 Å². The Morgan fingerprint density at radius 2 is 1.61 bits per heavy atom. The Kier molecular flexibility index (Phi) is 6.50. The average Bonchev–Trinajstić information content (AvgIpc) is 3.21. The minimum atomic E-state index is -0.816. The number of urea groups is 1. The molecule has 1 aliphatic heterocycles. The Bertz CT molecular complexity index is 1530. The number of hydrogen-bond acceptors (Lipinski definition) is 4. The minimum absolute atomic E-state index is 0.153. The number of nitrogens with zero attached hydrogens (tertiary/aromatic N) is 2. The van der Waals surface area contributed by atoms with Crippen molar-refractivity contribution < 1.29 is 19.1 Å². The van der Waals surface area contributed by atoms with Crippen molar-refractivity contribution in [3.63, 3.8) is 0 Å². The second-order valence-electron chi connectivity index (χ2n) is 8.01. The molecule has 1 fully saturated rings. The summed E-state index contributed by atoms with van der Waals surface area (Å²) in [6, 6.07) is 20.3. The largest absolute Gasteiger partial charge is 0.490 e. The smallest absolute Gasteiger partial charge is 0.335 e. The second-order valence-corrected chi connectivity index (χ2v) is 8.85. The highest BCUT2D eigenvalue weighted by atomic mass is 35.5. The number of para-hydroxylation sites is 2. The maximum Gasteiger partial charge on any atom is 0.335 e. The summed E-state index contributed by atoms with van der Waals surface area (Å²) in [6.07, 6.45) is 3.35. The van der Waals surface area contributed by atoms with Crippen LogP contribution in [0.25, 0.3) is 17.0 Å². The van der Waals surface area contributed by atoms with Crippen LogP contribution in [-0.2, 0) is 16.1 Å². The van der Waals surface area contributed by atoms with Gasteiger partial charge in [-0.1, -0.05) is 53.5 Å². The number of benzene rings is 3. The second kappa shape index (κ2) is 9.89. The molecule has 0 atom stereocenters. The number of nitrogens with one attached hydrogen (secondary N) is 1. The lowest BCUT2D eigenvalue weighted by Gasteiger charge is -2.26. The van der Waals surface area contributed by atoms with Gasteiger partial charge in [-0.3, -0.25) is 14.9 Å². The number of fused-ring (bicyclic) bond motifs is 1. The third-order valence-corrected chi connectivity index (χ3v) is 6.30. The molecule has 0 aliphatic carbocycles. The van der Waals surface area contributed by atoms with Crippen molar-refractivity contribution in [3.05, 3.63) is 100 Å². The summed E-state index contributed by atoms with van der Waals surface area (Å²) < 4.78 is 7.80. The third kappa shape index (κ3) is 4.58. The molecule has 1 aromatic heterocycles. The van der Waals surface area contributed by atoms with Gasteiger partial charge in [0.1, 0.15) is 17.9 Å². The van der Waals surface area contributed by atoms with E-state index in [1.807, 2.05) is 47.2 Å². The SMILES string of the molecule is O=C1NC(=O)N(c2ccc(Cl)cc2)C(=O)/C1=C/c1cn(CCOc2ccccc2Cl)c2ccccc12. The van der Waals surface area contributed by atoms with Crippen LogP contribution in [0.3, 0.4) is 0 Å². The fourth-order valence-electron chi connectivity index (χ4n) is 4.03. The van der Waals surface area contributed by atoms with Gasteiger partial charge in [-0.15, -0.1) is 0 Å². The maximum absolute atomic E-state index is 13.2. The molecule has 4 aromatic rings. The summed E-state index contributed by atoms with van der Waals surface area (Å²) in [4.78, 5) is 39.3. The zero-order valence-corrected chi connectivity index (χ0v) is 20.3. The minimum Gasteiger partial charge on any atom is -0.490 e. The molecule has 1 N–H and O–H groups in total. The number of halogens is 2. The van der Waals surface area contributed by atoms with Crippen molar-refractivity contribution >= 4 is 63.7 Å². The number of barbiturate groups is 1. The fraction of sp³-hybridized carbons (Fsp3) is 0.0741. The number of imide groups is 2. The van der Waals surface area contributed by atoms with Crippen LogP contribution in [0.4, 0.5) is 10.5 Å². The Labute approximate surface area is 216 Å². The molecule has 4 amide bonds. The van der Waals surface area contributed by atoms with Gasteiger partial charge in [-0.05, 0) is 48.5 Å². The molecule has 2 heterocycles. The first kappa shape index (κ1) is 23.7. The first-order chi connectivity index (χ1) is 17.4. The number of ether oxygens (including phenoxy) is 1. The maximum atomic E-state index is 13.2. The van der Waals surface area contributed by atoms with Crippen LogP contribution in [-0.4, -0.2) is 29.0 Å². The lowest BCUT2D eigenvalue weighted by Crippen LogP contribution is -2.54. The van der Waals surface area contributed by atoms with Gasteiger partial charge in [0.2, 0.25) is 0 Å². The number of anilines is 1. The first-order valence-electron chi connectivity index (χ1n) is 11.0. The highest BCUT2D eigenvalue weighted by molar-refractivity contribution is 6.39. The van der Waals surface area contributed by atoms with E-state index in [1.165, 1.54) is 18.2 Å². The van der Waals surface area contributed by atoms with Gasteiger partial charge >= 0.3 is 6.03 Å². The first-order valence-corrected chi connectivity index (χ1v) is 11.8. The van der Waals surface area contributed by atoms with Crippen molar-refractivity contribution in [2.75, 3.05) is 11.5 Å². The van der Waals surface area contributed by atoms with E-state index in [2.05, 4.69) is 5.32 Å². The fourth-order valence-corrected chi connectivity index (χ4v) is 4.34. The molecule has 1 aliphatic rings. The molecular weight excluding hydrogens is 501 g/mol. The summed E-state index contributed by atoms with van der Waals surface area (Å²) in [5.74, 6) is -0.881. The molecule has 180 valence electrons. The quantitative estimate of drug-likeness (QED) is 0.262. The van der Waals surface area contributed by atoms with Gasteiger partial charge < -0.3 is 9.30 Å². The van der Waals surface area contributed by atoms with E-state index in [0.717, 1.165) is 15.8 Å². The summed E-state index contributed by atoms with van der Waals surface area (Å²) in [5, 5.41) is 4.08. The van der Waals surface area contributed by atoms with E-state index >= 15 is 0 Å². The molecule has 0 saturated carbocycles. The van der Waals surface area contributed by atoms with Crippen LogP contribution >= 0.6 is 23.2 Å². The Morgan fingerprint density at radius 3 is 2.39 bits per heavy atom. The number of aromatic nitrogens is 1. The highest BCUT2D eigenvalue weighted by Gasteiger charge is 2.37. The standard InChI is InChI=1S/C27H19Cl2N3O4/c28-18-9-11-19(12-10-18)32-26(34)21(25(33)30-27(32)35)15-17-16-31(23-7-3-1-5-20(17)23)13-14-36-24-8-4-2-6-22(24)29/h1-12,15-16H,13-14H2,(H,30,33,35)/b21-15+. The molecular formula is C27H19Cl2N3O4. The summed E-state index contributed by atoms with van der Waals surface area (Å²) in [5.41, 5.74) is 1.72. The van der Waals surface area contributed by atoms with E-state index in [0.29, 0.717) is 40.2 Å². The van der Waals surface area contributed by atoms with Gasteiger partial charge in [0.05, 0.1) is 17.3 Å². The third-order valence-electron chi connectivity index (χ3n) is 5.73. The molecule has 0 spiro atoms. The topological polar surface area (TPSA) is 80.6 Å². The van der Waals surface area contributed by atoms with Crippen molar-refractivity contribution in [2.24, 2.45) is 0 Å². The predicted molar refractivity (Wildman–Crippen MR) is 139 cm³/mol. The lowest BCUT2D eigenvalue weighted by atomic mass is 10.1. The van der Waals surface area contributed by atoms with Crippen LogP contribution in [0, 0.1) is 0 Å². The van der Waals surface area contributed by atoms with Gasteiger partial charge in [-0.2, -0.15) is 0 Å². The highest BCUT2D eigenvalue weighted by Crippen LogP contribution is 2.28. The van der Waals surface area contributed by atoms with E-state index in [9.17, 15) is 14.4 Å². The lowest BCUT2D eigenvalue weighted by molar-refractivity contribution is -0.122. The number of amides is 4. The van der Waals surface area contributed by atoms with Gasteiger partial charge in [0.25, 0.3) is 11.8 Å². The van der Waals surface area contributed by atoms with E-state index in [1.54, 1.807) is 24.3 Å². The van der Waals surface area contributed by atoms with Crippen LogP contribution in [0.1, 0.15) is 5.56 Å². The number of hydrogen-bond donors (Lipinski definition) is 1. The Hall–Kier alpha value is -4.07. The van der Waals surface area contributed by atoms with Gasteiger partial charge in [0.15, 0.2) is 0 Å². The van der Waals surface area contributed by atoms with Gasteiger partial charge in [-0.25, -0.2) is 9.69 Å². The van der Waals surface area contributed by atoms with Crippen molar-refractivity contribution in [3.8, 4) is 5.75 Å². The summed E-state index contributed by atoms with van der Waals surface area (Å²) in [6.45, 7) is 0.862. The normalized spacial score (nSPS) is 15.0. The molecule has 7 nitrogen and oxygen atoms in total. The molecule has 0 unspecified atom stereocenters. The van der Waals surface area contributed by atoms with Crippen LogP contribution in [0.2, 0.25) is 10.0 Å². The number of rotatable bonds is 6. The van der Waals surface area contributed by atoms with Crippen LogP contribution in [0.5, 0.6) is 5.75 Å². The predicted octanol–water partition coefficient (Wildman–Crippen LogP) is 5.69. The van der Waals surface area contributed by atoms with Crippen molar-refractivity contribution in [1.29, 1.82) is 0 Å². The molecule has 0 bridgehead atoms.